The smallest absolute Gasteiger partial charge is 0.375 e. The van der Waals surface area contributed by atoms with Gasteiger partial charge in [-0.25, -0.2) is 0 Å². The van der Waals surface area contributed by atoms with Crippen LogP contribution in [0.3, 0.4) is 0 Å². The summed E-state index contributed by atoms with van der Waals surface area (Å²) in [6.45, 7) is 1.99. The molecule has 1 saturated carbocycles. The highest BCUT2D eigenvalue weighted by molar-refractivity contribution is 6.21. The molecule has 0 aromatic carbocycles. The van der Waals surface area contributed by atoms with Crippen molar-refractivity contribution in [3.63, 3.8) is 0 Å². The molecule has 0 saturated heterocycles. The third kappa shape index (κ3) is 4.17. The zero-order valence-electron chi connectivity index (χ0n) is 8.39. The Morgan fingerprint density at radius 2 is 2.00 bits per heavy atom. The van der Waals surface area contributed by atoms with Crippen LogP contribution < -0.4 is 0 Å². The van der Waals surface area contributed by atoms with Crippen molar-refractivity contribution in [3.05, 3.63) is 0 Å². The van der Waals surface area contributed by atoms with Gasteiger partial charge in [-0.15, -0.1) is 11.6 Å². The van der Waals surface area contributed by atoms with Gasteiger partial charge >= 0.3 is 6.18 Å². The summed E-state index contributed by atoms with van der Waals surface area (Å²) in [5.74, 6) is 0. The van der Waals surface area contributed by atoms with Gasteiger partial charge in [0.15, 0.2) is 0 Å². The molecule has 0 aliphatic heterocycles. The fraction of sp³-hybridized carbons (Fsp3) is 1.00. The maximum Gasteiger partial charge on any atom is 0.391 e. The summed E-state index contributed by atoms with van der Waals surface area (Å²) in [6, 6.07) is 0. The van der Waals surface area contributed by atoms with Crippen molar-refractivity contribution in [3.8, 4) is 0 Å². The van der Waals surface area contributed by atoms with Crippen molar-refractivity contribution >= 4 is 11.6 Å². The zero-order chi connectivity index (χ0) is 11.5. The van der Waals surface area contributed by atoms with E-state index in [1.54, 1.807) is 0 Å². The van der Waals surface area contributed by atoms with Crippen molar-refractivity contribution < 1.29 is 22.6 Å². The Morgan fingerprint density at radius 1 is 1.33 bits per heavy atom. The molecule has 2 nitrogen and oxygen atoms in total. The van der Waals surface area contributed by atoms with E-state index >= 15 is 0 Å². The van der Waals surface area contributed by atoms with E-state index in [1.807, 2.05) is 6.92 Å². The molecule has 1 fully saturated rings. The maximum absolute atomic E-state index is 11.8. The van der Waals surface area contributed by atoms with E-state index < -0.39 is 12.6 Å². The van der Waals surface area contributed by atoms with Gasteiger partial charge in [0.2, 0.25) is 0 Å². The monoisotopic (exact) mass is 246 g/mol. The molecule has 1 aliphatic carbocycles. The molecule has 0 aromatic rings. The predicted octanol–water partition coefficient (Wildman–Crippen LogP) is 2.74. The normalized spacial score (nSPS) is 31.4. The lowest BCUT2D eigenvalue weighted by molar-refractivity contribution is -0.168. The molecule has 1 aliphatic rings. The molecule has 0 bridgehead atoms. The molecule has 3 unspecified atom stereocenters. The first kappa shape index (κ1) is 13.1. The Balaban J connectivity index is 2.17. The maximum atomic E-state index is 11.8. The second kappa shape index (κ2) is 5.37. The van der Waals surface area contributed by atoms with Gasteiger partial charge < -0.3 is 9.47 Å². The molecule has 0 N–H and O–H groups in total. The molecule has 0 spiro atoms. The van der Waals surface area contributed by atoms with Crippen LogP contribution in [-0.4, -0.2) is 37.0 Å². The first-order chi connectivity index (χ1) is 6.94. The van der Waals surface area contributed by atoms with Gasteiger partial charge in [-0.05, 0) is 13.3 Å². The number of hydrogen-bond donors (Lipinski definition) is 0. The highest BCUT2D eigenvalue weighted by Crippen LogP contribution is 2.32. The Bertz CT molecular complexity index is 198. The van der Waals surface area contributed by atoms with Crippen LogP contribution in [0.5, 0.6) is 0 Å². The summed E-state index contributed by atoms with van der Waals surface area (Å²) in [4.78, 5) is 0. The van der Waals surface area contributed by atoms with E-state index in [4.69, 9.17) is 21.1 Å². The number of halogens is 4. The highest BCUT2D eigenvalue weighted by Gasteiger charge is 2.42. The minimum atomic E-state index is -4.16. The summed E-state index contributed by atoms with van der Waals surface area (Å²) >= 11 is 5.83. The van der Waals surface area contributed by atoms with Gasteiger partial charge in [0.25, 0.3) is 0 Å². The minimum Gasteiger partial charge on any atom is -0.375 e. The first-order valence-electron chi connectivity index (χ1n) is 4.88. The quantitative estimate of drug-likeness (QED) is 0.695. The van der Waals surface area contributed by atoms with Gasteiger partial charge in [0.05, 0.1) is 24.5 Å². The molecule has 3 atom stereocenters. The molecule has 0 aromatic heterocycles. The van der Waals surface area contributed by atoms with Gasteiger partial charge in [0.1, 0.15) is 6.10 Å². The van der Waals surface area contributed by atoms with Crippen LogP contribution in [0.2, 0.25) is 0 Å². The van der Waals surface area contributed by atoms with Crippen molar-refractivity contribution in [2.75, 3.05) is 13.2 Å². The van der Waals surface area contributed by atoms with Crippen molar-refractivity contribution in [1.82, 2.24) is 0 Å². The lowest BCUT2D eigenvalue weighted by atomic mass is 9.91. The topological polar surface area (TPSA) is 18.5 Å². The van der Waals surface area contributed by atoms with Crippen LogP contribution in [0.4, 0.5) is 13.2 Å². The van der Waals surface area contributed by atoms with E-state index in [9.17, 15) is 13.2 Å². The average Bonchev–Trinajstić information content (AvgIpc) is 2.11. The molecule has 0 heterocycles. The molecule has 1 rings (SSSR count). The van der Waals surface area contributed by atoms with E-state index in [2.05, 4.69) is 0 Å². The average molecular weight is 247 g/mol. The summed E-state index contributed by atoms with van der Waals surface area (Å²) < 4.78 is 45.7. The van der Waals surface area contributed by atoms with Gasteiger partial charge in [-0.2, -0.15) is 13.2 Å². The number of rotatable bonds is 5. The Morgan fingerprint density at radius 3 is 2.47 bits per heavy atom. The van der Waals surface area contributed by atoms with Crippen LogP contribution >= 0.6 is 11.6 Å². The molecular formula is C9H14ClF3O2. The van der Waals surface area contributed by atoms with Gasteiger partial charge in [-0.1, -0.05) is 0 Å². The van der Waals surface area contributed by atoms with Crippen LogP contribution in [0.15, 0.2) is 0 Å². The van der Waals surface area contributed by atoms with E-state index in [0.717, 1.165) is 0 Å². The zero-order valence-corrected chi connectivity index (χ0v) is 9.14. The van der Waals surface area contributed by atoms with Crippen LogP contribution in [0.1, 0.15) is 19.8 Å². The van der Waals surface area contributed by atoms with Crippen LogP contribution in [-0.2, 0) is 9.47 Å². The van der Waals surface area contributed by atoms with E-state index in [1.165, 1.54) is 0 Å². The highest BCUT2D eigenvalue weighted by atomic mass is 35.5. The van der Waals surface area contributed by atoms with Crippen LogP contribution in [0.25, 0.3) is 0 Å². The lowest BCUT2D eigenvalue weighted by Crippen LogP contribution is -2.51. The largest absolute Gasteiger partial charge is 0.391 e. The molecule has 6 heteroatoms. The third-order valence-corrected chi connectivity index (χ3v) is 2.68. The number of hydrogen-bond acceptors (Lipinski definition) is 2. The molecule has 90 valence electrons. The Labute approximate surface area is 91.7 Å². The fourth-order valence-corrected chi connectivity index (χ4v) is 1.83. The van der Waals surface area contributed by atoms with E-state index in [-0.39, 0.29) is 24.2 Å². The Kier molecular flexibility index (Phi) is 4.67. The third-order valence-electron chi connectivity index (χ3n) is 2.26. The minimum absolute atomic E-state index is 0.138. The SMILES string of the molecule is CCOC1C(Cl)CC1OCCC(F)(F)F. The standard InChI is InChI=1S/C9H14ClF3O2/c1-2-14-8-6(10)5-7(8)15-4-3-9(11,12)13/h6-8H,2-5H2,1H3. The van der Waals surface area contributed by atoms with Gasteiger partial charge in [0, 0.05) is 6.61 Å². The van der Waals surface area contributed by atoms with Crippen molar-refractivity contribution in [2.24, 2.45) is 0 Å². The fourth-order valence-electron chi connectivity index (χ4n) is 1.42. The molecule has 0 amide bonds. The predicted molar refractivity (Wildman–Crippen MR) is 50.1 cm³/mol. The second-order valence-corrected chi connectivity index (χ2v) is 4.01. The molecular weight excluding hydrogens is 233 g/mol. The summed E-state index contributed by atoms with van der Waals surface area (Å²) in [5, 5.41) is -0.138. The number of ether oxygens (including phenoxy) is 2. The lowest BCUT2D eigenvalue weighted by Gasteiger charge is -2.40. The Hall–Kier alpha value is -0.0000000000000000555. The van der Waals surface area contributed by atoms with Crippen molar-refractivity contribution in [1.29, 1.82) is 0 Å². The first-order valence-corrected chi connectivity index (χ1v) is 5.31. The summed E-state index contributed by atoms with van der Waals surface area (Å²) in [6.07, 6.45) is -5.07. The summed E-state index contributed by atoms with van der Waals surface area (Å²) in [7, 11) is 0. The summed E-state index contributed by atoms with van der Waals surface area (Å²) in [5.41, 5.74) is 0. The van der Waals surface area contributed by atoms with E-state index in [0.29, 0.717) is 13.0 Å². The van der Waals surface area contributed by atoms with Crippen LogP contribution in [0, 0.1) is 0 Å². The molecule has 15 heavy (non-hydrogen) atoms. The van der Waals surface area contributed by atoms with Gasteiger partial charge in [-0.3, -0.25) is 0 Å². The van der Waals surface area contributed by atoms with Crippen molar-refractivity contribution in [2.45, 2.75) is 43.5 Å². The second-order valence-electron chi connectivity index (χ2n) is 3.45. The number of alkyl halides is 4. The molecule has 0 radical (unpaired) electrons.